The third kappa shape index (κ3) is 6.79. The molecule has 10 rings (SSSR count). The van der Waals surface area contributed by atoms with Crippen LogP contribution >= 0.6 is 0 Å². The number of benzene rings is 3. The fraction of sp³-hybridized carbons (Fsp3) is 0.500. The molecular weight excluding hydrogens is 863 g/mol. The molecule has 5 aliphatic heterocycles. The van der Waals surface area contributed by atoms with E-state index in [4.69, 9.17) is 23.7 Å². The number of anilines is 1. The van der Waals surface area contributed by atoms with Crippen LogP contribution in [0.4, 0.5) is 10.5 Å². The maximum absolute atomic E-state index is 15.5. The van der Waals surface area contributed by atoms with Crippen molar-refractivity contribution in [3.05, 3.63) is 112 Å². The van der Waals surface area contributed by atoms with Crippen LogP contribution in [0.3, 0.4) is 0 Å². The maximum atomic E-state index is 15.5. The summed E-state index contributed by atoms with van der Waals surface area (Å²) in [5.74, 6) is 0.315. The first-order valence-electron chi connectivity index (χ1n) is 24.2. The molecule has 6 aliphatic rings. The van der Waals surface area contributed by atoms with Gasteiger partial charge in [-0.15, -0.1) is 0 Å². The number of nitrogens with zero attached hydrogens (tertiary/aromatic N) is 3. The summed E-state index contributed by atoms with van der Waals surface area (Å²) in [6, 6.07) is 18.8. The predicted molar refractivity (Wildman–Crippen MR) is 258 cm³/mol. The summed E-state index contributed by atoms with van der Waals surface area (Å²) in [5.41, 5.74) is 2.56. The maximum Gasteiger partial charge on any atom is 0.407 e. The minimum atomic E-state index is -1.87. The van der Waals surface area contributed by atoms with Gasteiger partial charge in [0.15, 0.2) is 0 Å². The zero-order chi connectivity index (χ0) is 47.8. The minimum absolute atomic E-state index is 0.00392. The van der Waals surface area contributed by atoms with Crippen LogP contribution < -0.4 is 19.7 Å². The summed E-state index contributed by atoms with van der Waals surface area (Å²) in [6.07, 6.45) is 8.12. The van der Waals surface area contributed by atoms with Crippen molar-refractivity contribution in [2.45, 2.75) is 94.1 Å². The Morgan fingerprint density at radius 2 is 1.76 bits per heavy atom. The van der Waals surface area contributed by atoms with Gasteiger partial charge in [-0.25, -0.2) is 4.79 Å². The number of hydrogen-bond donors (Lipinski definition) is 3. The van der Waals surface area contributed by atoms with E-state index in [1.54, 1.807) is 26.4 Å². The van der Waals surface area contributed by atoms with Crippen LogP contribution in [0.15, 0.2) is 84.5 Å². The number of aromatic nitrogens is 1. The van der Waals surface area contributed by atoms with E-state index < -0.39 is 46.1 Å². The molecular formula is C54H65N5O9. The van der Waals surface area contributed by atoms with Crippen molar-refractivity contribution in [1.82, 2.24) is 20.1 Å². The molecule has 6 heterocycles. The number of carbonyl (C=O) groups is 3. The molecule has 9 atom stereocenters. The van der Waals surface area contributed by atoms with E-state index in [1.807, 2.05) is 31.3 Å². The molecule has 2 bridgehead atoms. The van der Waals surface area contributed by atoms with E-state index in [0.717, 1.165) is 71.5 Å². The first kappa shape index (κ1) is 45.9. The van der Waals surface area contributed by atoms with Crippen LogP contribution in [0, 0.1) is 11.3 Å². The second kappa shape index (κ2) is 17.3. The highest BCUT2D eigenvalue weighted by molar-refractivity contribution is 5.94. The summed E-state index contributed by atoms with van der Waals surface area (Å²) >= 11 is 0. The number of para-hydroxylation sites is 1. The second-order valence-corrected chi connectivity index (χ2v) is 19.9. The predicted octanol–water partition coefficient (Wildman–Crippen LogP) is 6.56. The third-order valence-electron chi connectivity index (χ3n) is 16.7. The summed E-state index contributed by atoms with van der Waals surface area (Å²) < 4.78 is 30.0. The Kier molecular flexibility index (Phi) is 11.7. The smallest absolute Gasteiger partial charge is 0.407 e. The van der Waals surface area contributed by atoms with E-state index in [9.17, 15) is 14.7 Å². The Labute approximate surface area is 398 Å². The normalized spacial score (nSPS) is 31.2. The first-order chi connectivity index (χ1) is 32.8. The van der Waals surface area contributed by atoms with Crippen LogP contribution in [0.25, 0.3) is 10.9 Å². The largest absolute Gasteiger partial charge is 0.497 e. The first-order valence-corrected chi connectivity index (χ1v) is 24.2. The van der Waals surface area contributed by atoms with Gasteiger partial charge in [0, 0.05) is 90.9 Å². The highest BCUT2D eigenvalue weighted by Crippen LogP contribution is 2.68. The number of hydrogen-bond acceptors (Lipinski definition) is 12. The number of esters is 2. The Hall–Kier alpha value is -5.83. The molecule has 1 saturated heterocycles. The lowest BCUT2D eigenvalue weighted by atomic mass is 9.47. The Morgan fingerprint density at radius 3 is 2.49 bits per heavy atom. The standard InChI is InChI=1S/C54H65N5O9/c1-8-34-25-36-28-53(49(61)66-7,45-39(19-23-58(29-34)30-36)38-13-10-11-14-42(38)56-45)41-26-40-43(27-44(41)65-6)57(4)47-52(40)21-24-59-22-12-20-51(9-2,46(52)59)48(68-33(3)60)54(47,63)32-55-50(62)67-31-35-15-17-37(64-5)18-16-35/h10-18,20,25-27,36,46-48,56,63H,8-9,19,21-24,28-32H2,1-7H3,(H,55,62)/t36-,46-,47+,48+,51+,52+,53-,54?/m0/s1. The highest BCUT2D eigenvalue weighted by Gasteiger charge is 2.78. The van der Waals surface area contributed by atoms with Crippen molar-refractivity contribution in [3.8, 4) is 11.5 Å². The van der Waals surface area contributed by atoms with Gasteiger partial charge in [0.1, 0.15) is 35.2 Å². The van der Waals surface area contributed by atoms with E-state index in [0.29, 0.717) is 49.4 Å². The van der Waals surface area contributed by atoms with Crippen molar-refractivity contribution < 1.29 is 43.2 Å². The number of nitrogens with one attached hydrogen (secondary N) is 2. The number of ether oxygens (including phenoxy) is 5. The Bertz CT molecular complexity index is 2700. The molecule has 68 heavy (non-hydrogen) atoms. The van der Waals surface area contributed by atoms with Gasteiger partial charge in [-0.1, -0.05) is 68.0 Å². The number of likely N-dealkylation sites (N-methyl/N-ethyl adjacent to an activating group) is 1. The number of H-pyrrole nitrogens is 1. The molecule has 0 radical (unpaired) electrons. The van der Waals surface area contributed by atoms with Crippen LogP contribution in [0.5, 0.6) is 11.5 Å². The van der Waals surface area contributed by atoms with Crippen LogP contribution in [0.1, 0.15) is 74.4 Å². The lowest BCUT2D eigenvalue weighted by Gasteiger charge is -2.64. The quantitative estimate of drug-likeness (QED) is 0.0849. The lowest BCUT2D eigenvalue weighted by molar-refractivity contribution is -0.217. The SMILES string of the molecule is CCC1=C[C@@H]2CN(CCc3c([nH]c4ccccc34)[C@@](C(=O)OC)(c3cc4c(cc3OC)N(C)[C@H]3C(O)(CNC(=O)OCc5ccc(OC)cc5)[C@H](OC(C)=O)[C@]5(CC)C=CCN6CC[C@]43[C@@H]65)C2)C1. The van der Waals surface area contributed by atoms with E-state index >= 15 is 4.79 Å². The van der Waals surface area contributed by atoms with Gasteiger partial charge in [0.25, 0.3) is 0 Å². The number of methoxy groups -OCH3 is 3. The number of alkyl carbamates (subject to hydrolysis) is 1. The molecule has 1 aromatic heterocycles. The Morgan fingerprint density at radius 1 is 0.971 bits per heavy atom. The molecule has 1 aliphatic carbocycles. The Balaban J connectivity index is 1.17. The molecule has 1 spiro atoms. The monoisotopic (exact) mass is 927 g/mol. The molecule has 2 unspecified atom stereocenters. The number of fused-ring (bicyclic) bond motifs is 6. The molecule has 14 heteroatoms. The topological polar surface area (TPSA) is 155 Å². The molecule has 1 amide bonds. The zero-order valence-corrected chi connectivity index (χ0v) is 40.4. The van der Waals surface area contributed by atoms with Gasteiger partial charge in [-0.2, -0.15) is 0 Å². The lowest BCUT2D eigenvalue weighted by Crippen LogP contribution is -2.81. The van der Waals surface area contributed by atoms with E-state index in [1.165, 1.54) is 19.6 Å². The van der Waals surface area contributed by atoms with Gasteiger partial charge in [-0.05, 0) is 85.5 Å². The fourth-order valence-corrected chi connectivity index (χ4v) is 14.1. The molecule has 2 fully saturated rings. The molecule has 4 aromatic rings. The van der Waals surface area contributed by atoms with Crippen molar-refractivity contribution in [3.63, 3.8) is 0 Å². The average Bonchev–Trinajstić information content (AvgIpc) is 4.02. The van der Waals surface area contributed by atoms with Crippen molar-refractivity contribution in [2.24, 2.45) is 11.3 Å². The average molecular weight is 928 g/mol. The number of aromatic amines is 1. The van der Waals surface area contributed by atoms with E-state index in [-0.39, 0.29) is 31.1 Å². The molecule has 360 valence electrons. The molecule has 1 saturated carbocycles. The molecule has 3 aromatic carbocycles. The van der Waals surface area contributed by atoms with Gasteiger partial charge >= 0.3 is 18.0 Å². The summed E-state index contributed by atoms with van der Waals surface area (Å²) in [4.78, 5) is 53.5. The van der Waals surface area contributed by atoms with Gasteiger partial charge in [-0.3, -0.25) is 19.4 Å². The fourth-order valence-electron chi connectivity index (χ4n) is 14.1. The van der Waals surface area contributed by atoms with Gasteiger partial charge < -0.3 is 44.0 Å². The highest BCUT2D eigenvalue weighted by atomic mass is 16.6. The van der Waals surface area contributed by atoms with Gasteiger partial charge in [0.05, 0.1) is 33.9 Å². The molecule has 14 nitrogen and oxygen atoms in total. The van der Waals surface area contributed by atoms with Crippen molar-refractivity contribution in [1.29, 1.82) is 0 Å². The third-order valence-corrected chi connectivity index (χ3v) is 16.7. The number of aliphatic hydroxyl groups is 1. The summed E-state index contributed by atoms with van der Waals surface area (Å²) in [5, 5.41) is 17.9. The summed E-state index contributed by atoms with van der Waals surface area (Å²) in [6.45, 7) is 9.29. The van der Waals surface area contributed by atoms with E-state index in [2.05, 4.69) is 81.3 Å². The van der Waals surface area contributed by atoms with Crippen LogP contribution in [-0.2, 0) is 47.7 Å². The van der Waals surface area contributed by atoms with Crippen LogP contribution in [-0.4, -0.2) is 129 Å². The minimum Gasteiger partial charge on any atom is -0.497 e. The number of rotatable bonds is 11. The van der Waals surface area contributed by atoms with Crippen molar-refractivity contribution >= 4 is 34.6 Å². The number of amides is 1. The summed E-state index contributed by atoms with van der Waals surface area (Å²) in [7, 11) is 6.69. The molecule has 3 N–H and O–H groups in total. The van der Waals surface area contributed by atoms with Crippen molar-refractivity contribution in [2.75, 3.05) is 72.5 Å². The van der Waals surface area contributed by atoms with Crippen LogP contribution in [0.2, 0.25) is 0 Å². The van der Waals surface area contributed by atoms with Gasteiger partial charge in [0.2, 0.25) is 0 Å². The zero-order valence-electron chi connectivity index (χ0n) is 40.4. The second-order valence-electron chi connectivity index (χ2n) is 19.9. The number of carbonyl (C=O) groups excluding carboxylic acids is 3.